The molecular weight excluding hydrogens is 432 g/mol. The number of hydrogen-bond donors (Lipinski definition) is 0. The summed E-state index contributed by atoms with van der Waals surface area (Å²) in [6, 6.07) is 33.7. The average Bonchev–Trinajstić information content (AvgIpc) is 2.90. The van der Waals surface area contributed by atoms with Crippen LogP contribution in [0, 0.1) is 0 Å². The number of benzene rings is 4. The molecule has 1 atom stereocenters. The van der Waals surface area contributed by atoms with Gasteiger partial charge >= 0.3 is 5.97 Å². The highest BCUT2D eigenvalue weighted by Gasteiger charge is 2.09. The third-order valence-electron chi connectivity index (χ3n) is 5.85. The SMILES string of the molecule is CCOc1ccc(OC(=O)c2ccc(C=Cc3ccc(C[C@H](C)c4ccccc4)cc3)cc2)cc1. The molecule has 0 aromatic heterocycles. The minimum atomic E-state index is -0.384. The molecule has 3 nitrogen and oxygen atoms in total. The monoisotopic (exact) mass is 462 g/mol. The van der Waals surface area contributed by atoms with Crippen molar-refractivity contribution < 1.29 is 14.3 Å². The van der Waals surface area contributed by atoms with E-state index in [0.717, 1.165) is 23.3 Å². The number of carbonyl (C=O) groups is 1. The Morgan fingerprint density at radius 1 is 0.743 bits per heavy atom. The van der Waals surface area contributed by atoms with Gasteiger partial charge in [0.1, 0.15) is 11.5 Å². The van der Waals surface area contributed by atoms with E-state index in [1.165, 1.54) is 11.1 Å². The summed E-state index contributed by atoms with van der Waals surface area (Å²) in [5.41, 5.74) is 5.36. The van der Waals surface area contributed by atoms with Gasteiger partial charge in [0.05, 0.1) is 12.2 Å². The Labute approximate surface area is 207 Å². The summed E-state index contributed by atoms with van der Waals surface area (Å²) in [5.74, 6) is 1.34. The number of carbonyl (C=O) groups excluding carboxylic acids is 1. The maximum absolute atomic E-state index is 12.4. The number of hydrogen-bond acceptors (Lipinski definition) is 3. The first-order valence-corrected chi connectivity index (χ1v) is 12.0. The van der Waals surface area contributed by atoms with E-state index in [-0.39, 0.29) is 5.97 Å². The van der Waals surface area contributed by atoms with Crippen molar-refractivity contribution in [1.29, 1.82) is 0 Å². The van der Waals surface area contributed by atoms with Crippen LogP contribution in [0.3, 0.4) is 0 Å². The molecule has 0 saturated carbocycles. The van der Waals surface area contributed by atoms with Crippen molar-refractivity contribution in [1.82, 2.24) is 0 Å². The zero-order chi connectivity index (χ0) is 24.5. The molecule has 0 heterocycles. The fourth-order valence-electron chi connectivity index (χ4n) is 3.88. The summed E-state index contributed by atoms with van der Waals surface area (Å²) in [7, 11) is 0. The number of rotatable bonds is 9. The van der Waals surface area contributed by atoms with Gasteiger partial charge in [0, 0.05) is 0 Å². The summed E-state index contributed by atoms with van der Waals surface area (Å²) < 4.78 is 10.9. The first-order chi connectivity index (χ1) is 17.1. The highest BCUT2D eigenvalue weighted by molar-refractivity contribution is 5.91. The predicted octanol–water partition coefficient (Wildman–Crippen LogP) is 7.82. The normalized spacial score (nSPS) is 11.8. The second-order valence-electron chi connectivity index (χ2n) is 8.51. The van der Waals surface area contributed by atoms with E-state index in [0.29, 0.717) is 23.8 Å². The zero-order valence-electron chi connectivity index (χ0n) is 20.2. The fourth-order valence-corrected chi connectivity index (χ4v) is 3.88. The minimum absolute atomic E-state index is 0.384. The summed E-state index contributed by atoms with van der Waals surface area (Å²) in [5, 5.41) is 0. The molecular formula is C32H30O3. The van der Waals surface area contributed by atoms with Gasteiger partial charge in [0.2, 0.25) is 0 Å². The topological polar surface area (TPSA) is 35.5 Å². The van der Waals surface area contributed by atoms with Gasteiger partial charge in [-0.3, -0.25) is 0 Å². The zero-order valence-corrected chi connectivity index (χ0v) is 20.2. The lowest BCUT2D eigenvalue weighted by atomic mass is 9.93. The summed E-state index contributed by atoms with van der Waals surface area (Å²) in [4.78, 5) is 12.4. The Morgan fingerprint density at radius 3 is 1.91 bits per heavy atom. The van der Waals surface area contributed by atoms with Crippen LogP contribution in [0.4, 0.5) is 0 Å². The van der Waals surface area contributed by atoms with Crippen molar-refractivity contribution in [2.24, 2.45) is 0 Å². The van der Waals surface area contributed by atoms with Crippen LogP contribution in [0.5, 0.6) is 11.5 Å². The second-order valence-corrected chi connectivity index (χ2v) is 8.51. The summed E-state index contributed by atoms with van der Waals surface area (Å²) >= 11 is 0. The lowest BCUT2D eigenvalue weighted by Crippen LogP contribution is -2.08. The molecule has 0 bridgehead atoms. The molecule has 0 saturated heterocycles. The van der Waals surface area contributed by atoms with Crippen LogP contribution in [-0.2, 0) is 6.42 Å². The molecule has 35 heavy (non-hydrogen) atoms. The molecule has 0 fully saturated rings. The molecule has 0 amide bonds. The van der Waals surface area contributed by atoms with Gasteiger partial charge in [-0.2, -0.15) is 0 Å². The smallest absolute Gasteiger partial charge is 0.343 e. The first-order valence-electron chi connectivity index (χ1n) is 12.0. The standard InChI is InChI=1S/C32H30O3/c1-3-34-30-19-21-31(22-20-30)35-32(33)29-17-15-26(16-18-29)10-9-25-11-13-27(14-12-25)23-24(2)28-7-5-4-6-8-28/h4-22,24H,3,23H2,1-2H3/t24-/m0/s1. The molecule has 0 aliphatic carbocycles. The molecule has 4 aromatic carbocycles. The largest absolute Gasteiger partial charge is 0.494 e. The van der Waals surface area contributed by atoms with Crippen LogP contribution >= 0.6 is 0 Å². The van der Waals surface area contributed by atoms with E-state index in [1.807, 2.05) is 25.1 Å². The van der Waals surface area contributed by atoms with Crippen LogP contribution < -0.4 is 9.47 Å². The quantitative estimate of drug-likeness (QED) is 0.144. The highest BCUT2D eigenvalue weighted by Crippen LogP contribution is 2.21. The summed E-state index contributed by atoms with van der Waals surface area (Å²) in [6.07, 6.45) is 5.14. The molecule has 0 aliphatic heterocycles. The minimum Gasteiger partial charge on any atom is -0.494 e. The Morgan fingerprint density at radius 2 is 1.31 bits per heavy atom. The van der Waals surface area contributed by atoms with Gasteiger partial charge in [-0.05, 0) is 77.9 Å². The molecule has 0 N–H and O–H groups in total. The van der Waals surface area contributed by atoms with E-state index in [1.54, 1.807) is 36.4 Å². The average molecular weight is 463 g/mol. The molecule has 3 heteroatoms. The van der Waals surface area contributed by atoms with Gasteiger partial charge in [-0.1, -0.05) is 85.8 Å². The molecule has 176 valence electrons. The van der Waals surface area contributed by atoms with Gasteiger partial charge in [0.25, 0.3) is 0 Å². The lowest BCUT2D eigenvalue weighted by Gasteiger charge is -2.12. The first kappa shape index (κ1) is 24.0. The molecule has 4 aromatic rings. The number of ether oxygens (including phenoxy) is 2. The van der Waals surface area contributed by atoms with Crippen molar-refractivity contribution in [2.45, 2.75) is 26.2 Å². The van der Waals surface area contributed by atoms with Crippen molar-refractivity contribution in [2.75, 3.05) is 6.61 Å². The molecule has 4 rings (SSSR count). The number of esters is 1. The van der Waals surface area contributed by atoms with Crippen molar-refractivity contribution >= 4 is 18.1 Å². The maximum atomic E-state index is 12.4. The molecule has 0 unspecified atom stereocenters. The lowest BCUT2D eigenvalue weighted by molar-refractivity contribution is 0.0734. The second kappa shape index (κ2) is 11.8. The van der Waals surface area contributed by atoms with Crippen LogP contribution in [0.15, 0.2) is 103 Å². The Hall–Kier alpha value is -4.11. The van der Waals surface area contributed by atoms with Crippen LogP contribution in [-0.4, -0.2) is 12.6 Å². The Kier molecular flexibility index (Phi) is 8.13. The third-order valence-corrected chi connectivity index (χ3v) is 5.85. The van der Waals surface area contributed by atoms with Crippen molar-refractivity contribution in [3.8, 4) is 11.5 Å². The van der Waals surface area contributed by atoms with Crippen molar-refractivity contribution in [3.05, 3.63) is 131 Å². The molecule has 0 aliphatic rings. The van der Waals surface area contributed by atoms with E-state index in [4.69, 9.17) is 9.47 Å². The van der Waals surface area contributed by atoms with E-state index in [9.17, 15) is 4.79 Å². The van der Waals surface area contributed by atoms with E-state index in [2.05, 4.69) is 67.6 Å². The van der Waals surface area contributed by atoms with Crippen LogP contribution in [0.1, 0.15) is 52.4 Å². The Balaban J connectivity index is 1.32. The molecule has 0 spiro atoms. The molecule has 0 radical (unpaired) electrons. The predicted molar refractivity (Wildman–Crippen MR) is 143 cm³/mol. The maximum Gasteiger partial charge on any atom is 0.343 e. The van der Waals surface area contributed by atoms with E-state index < -0.39 is 0 Å². The van der Waals surface area contributed by atoms with Crippen LogP contribution in [0.25, 0.3) is 12.2 Å². The van der Waals surface area contributed by atoms with Gasteiger partial charge in [-0.15, -0.1) is 0 Å². The Bertz CT molecular complexity index is 1240. The highest BCUT2D eigenvalue weighted by atomic mass is 16.5. The van der Waals surface area contributed by atoms with Gasteiger partial charge < -0.3 is 9.47 Å². The van der Waals surface area contributed by atoms with Crippen molar-refractivity contribution in [3.63, 3.8) is 0 Å². The third kappa shape index (κ3) is 6.94. The van der Waals surface area contributed by atoms with Gasteiger partial charge in [-0.25, -0.2) is 4.79 Å². The summed E-state index contributed by atoms with van der Waals surface area (Å²) in [6.45, 7) is 4.79. The fraction of sp³-hybridized carbons (Fsp3) is 0.156. The van der Waals surface area contributed by atoms with Crippen LogP contribution in [0.2, 0.25) is 0 Å². The van der Waals surface area contributed by atoms with E-state index >= 15 is 0 Å². The van der Waals surface area contributed by atoms with Gasteiger partial charge in [0.15, 0.2) is 0 Å².